The molecule has 1 aromatic carbocycles. The van der Waals surface area contributed by atoms with Crippen LogP contribution in [0.3, 0.4) is 0 Å². The first kappa shape index (κ1) is 17.0. The molecular formula is C16H24N2O3S. The van der Waals surface area contributed by atoms with Gasteiger partial charge in [0.05, 0.1) is 4.90 Å². The van der Waals surface area contributed by atoms with Crippen molar-refractivity contribution in [3.05, 3.63) is 29.8 Å². The summed E-state index contributed by atoms with van der Waals surface area (Å²) in [5, 5.41) is 3.00. The van der Waals surface area contributed by atoms with Crippen molar-refractivity contribution in [2.75, 3.05) is 6.54 Å². The lowest BCUT2D eigenvalue weighted by Crippen LogP contribution is -2.36. The molecular weight excluding hydrogens is 300 g/mol. The molecule has 5 nitrogen and oxygen atoms in total. The molecule has 0 heterocycles. The van der Waals surface area contributed by atoms with Gasteiger partial charge in [0.15, 0.2) is 0 Å². The predicted octanol–water partition coefficient (Wildman–Crippen LogP) is 2.44. The number of hydrogen-bond donors (Lipinski definition) is 2. The Hall–Kier alpha value is -1.40. The van der Waals surface area contributed by atoms with E-state index in [0.717, 1.165) is 32.1 Å². The van der Waals surface area contributed by atoms with Gasteiger partial charge in [0.25, 0.3) is 5.91 Å². The predicted molar refractivity (Wildman–Crippen MR) is 86.3 cm³/mol. The van der Waals surface area contributed by atoms with Crippen LogP contribution >= 0.6 is 0 Å². The van der Waals surface area contributed by atoms with Gasteiger partial charge in [-0.15, -0.1) is 0 Å². The van der Waals surface area contributed by atoms with Gasteiger partial charge in [0.1, 0.15) is 0 Å². The van der Waals surface area contributed by atoms with E-state index < -0.39 is 10.0 Å². The van der Waals surface area contributed by atoms with Crippen LogP contribution in [0.15, 0.2) is 29.2 Å². The molecule has 1 aliphatic rings. The third-order valence-corrected chi connectivity index (χ3v) is 5.35. The SMILES string of the molecule is CCCNS(=O)(=O)c1cccc(C(=O)NC2CCCCC2)c1. The normalized spacial score (nSPS) is 16.4. The van der Waals surface area contributed by atoms with Crippen LogP contribution in [0, 0.1) is 0 Å². The minimum absolute atomic E-state index is 0.136. The van der Waals surface area contributed by atoms with Gasteiger partial charge in [-0.25, -0.2) is 13.1 Å². The van der Waals surface area contributed by atoms with Crippen LogP contribution in [0.25, 0.3) is 0 Å². The third kappa shape index (κ3) is 4.55. The molecule has 0 spiro atoms. The summed E-state index contributed by atoms with van der Waals surface area (Å²) in [6.07, 6.45) is 6.23. The molecule has 0 aromatic heterocycles. The Morgan fingerprint density at radius 2 is 1.95 bits per heavy atom. The summed E-state index contributed by atoms with van der Waals surface area (Å²) in [6.45, 7) is 2.29. The van der Waals surface area contributed by atoms with Gasteiger partial charge in [-0.2, -0.15) is 0 Å². The number of nitrogens with one attached hydrogen (secondary N) is 2. The number of sulfonamides is 1. The Balaban J connectivity index is 2.08. The van der Waals surface area contributed by atoms with E-state index in [0.29, 0.717) is 12.1 Å². The minimum Gasteiger partial charge on any atom is -0.349 e. The van der Waals surface area contributed by atoms with E-state index in [1.807, 2.05) is 6.92 Å². The average Bonchev–Trinajstić information content (AvgIpc) is 2.54. The molecule has 0 radical (unpaired) electrons. The van der Waals surface area contributed by atoms with E-state index in [2.05, 4.69) is 10.0 Å². The highest BCUT2D eigenvalue weighted by atomic mass is 32.2. The lowest BCUT2D eigenvalue weighted by atomic mass is 9.95. The number of rotatable bonds is 6. The molecule has 0 bridgehead atoms. The summed E-state index contributed by atoms with van der Waals surface area (Å²) < 4.78 is 26.7. The monoisotopic (exact) mass is 324 g/mol. The quantitative estimate of drug-likeness (QED) is 0.844. The molecule has 0 saturated heterocycles. The Morgan fingerprint density at radius 3 is 2.64 bits per heavy atom. The van der Waals surface area contributed by atoms with Crippen molar-refractivity contribution < 1.29 is 13.2 Å². The van der Waals surface area contributed by atoms with Gasteiger partial charge in [-0.05, 0) is 37.5 Å². The Bertz CT molecular complexity index is 608. The molecule has 0 atom stereocenters. The topological polar surface area (TPSA) is 75.3 Å². The fourth-order valence-corrected chi connectivity index (χ4v) is 3.82. The van der Waals surface area contributed by atoms with Gasteiger partial charge in [0, 0.05) is 18.2 Å². The maximum Gasteiger partial charge on any atom is 0.251 e. The first-order chi connectivity index (χ1) is 10.5. The molecule has 1 fully saturated rings. The van der Waals surface area contributed by atoms with Crippen LogP contribution in [0.4, 0.5) is 0 Å². The molecule has 0 unspecified atom stereocenters. The number of carbonyl (C=O) groups is 1. The minimum atomic E-state index is -3.54. The zero-order valence-corrected chi connectivity index (χ0v) is 13.8. The van der Waals surface area contributed by atoms with Crippen LogP contribution < -0.4 is 10.0 Å². The lowest BCUT2D eigenvalue weighted by molar-refractivity contribution is 0.0927. The number of carbonyl (C=O) groups excluding carboxylic acids is 1. The standard InChI is InChI=1S/C16H24N2O3S/c1-2-11-17-22(20,21)15-10-6-7-13(12-15)16(19)18-14-8-4-3-5-9-14/h6-7,10,12,14,17H,2-5,8-9,11H2,1H3,(H,18,19). The van der Waals surface area contributed by atoms with E-state index in [1.165, 1.54) is 18.6 Å². The maximum absolute atomic E-state index is 12.3. The Morgan fingerprint density at radius 1 is 1.23 bits per heavy atom. The molecule has 1 aromatic rings. The van der Waals surface area contributed by atoms with Crippen molar-refractivity contribution in [2.24, 2.45) is 0 Å². The largest absolute Gasteiger partial charge is 0.349 e. The zero-order chi connectivity index (χ0) is 16.0. The highest BCUT2D eigenvalue weighted by molar-refractivity contribution is 7.89. The molecule has 0 aliphatic heterocycles. The molecule has 6 heteroatoms. The summed E-state index contributed by atoms with van der Waals surface area (Å²) in [7, 11) is -3.54. The van der Waals surface area contributed by atoms with Crippen LogP contribution in [-0.4, -0.2) is 26.9 Å². The van der Waals surface area contributed by atoms with Crippen molar-refractivity contribution >= 4 is 15.9 Å². The maximum atomic E-state index is 12.3. The number of amides is 1. The summed E-state index contributed by atoms with van der Waals surface area (Å²) in [4.78, 5) is 12.4. The molecule has 122 valence electrons. The second kappa shape index (κ2) is 7.74. The molecule has 22 heavy (non-hydrogen) atoms. The van der Waals surface area contributed by atoms with Gasteiger partial charge >= 0.3 is 0 Å². The van der Waals surface area contributed by atoms with E-state index in [4.69, 9.17) is 0 Å². The number of benzene rings is 1. The van der Waals surface area contributed by atoms with Gasteiger partial charge in [-0.1, -0.05) is 32.3 Å². The Labute approximate surface area is 132 Å². The van der Waals surface area contributed by atoms with Gasteiger partial charge < -0.3 is 5.32 Å². The van der Waals surface area contributed by atoms with Crippen LogP contribution in [0.1, 0.15) is 55.8 Å². The van der Waals surface area contributed by atoms with E-state index in [9.17, 15) is 13.2 Å². The molecule has 1 saturated carbocycles. The van der Waals surface area contributed by atoms with Crippen molar-refractivity contribution in [1.82, 2.24) is 10.0 Å². The van der Waals surface area contributed by atoms with Crippen LogP contribution in [0.2, 0.25) is 0 Å². The molecule has 2 rings (SSSR count). The third-order valence-electron chi connectivity index (χ3n) is 3.89. The number of hydrogen-bond acceptors (Lipinski definition) is 3. The summed E-state index contributed by atoms with van der Waals surface area (Å²) in [6, 6.07) is 6.42. The van der Waals surface area contributed by atoms with Crippen LogP contribution in [-0.2, 0) is 10.0 Å². The fourth-order valence-electron chi connectivity index (χ4n) is 2.64. The highest BCUT2D eigenvalue weighted by Crippen LogP contribution is 2.18. The second-order valence-corrected chi connectivity index (χ2v) is 7.50. The van der Waals surface area contributed by atoms with E-state index >= 15 is 0 Å². The average molecular weight is 324 g/mol. The fraction of sp³-hybridized carbons (Fsp3) is 0.562. The highest BCUT2D eigenvalue weighted by Gasteiger charge is 2.19. The van der Waals surface area contributed by atoms with Crippen molar-refractivity contribution in [1.29, 1.82) is 0 Å². The van der Waals surface area contributed by atoms with Crippen molar-refractivity contribution in [2.45, 2.75) is 56.4 Å². The molecule has 2 N–H and O–H groups in total. The van der Waals surface area contributed by atoms with Gasteiger partial charge in [-0.3, -0.25) is 4.79 Å². The summed E-state index contributed by atoms with van der Waals surface area (Å²) >= 11 is 0. The van der Waals surface area contributed by atoms with E-state index in [-0.39, 0.29) is 16.8 Å². The first-order valence-electron chi connectivity index (χ1n) is 7.93. The summed E-state index contributed by atoms with van der Waals surface area (Å²) in [5.74, 6) is -0.195. The molecule has 1 aliphatic carbocycles. The van der Waals surface area contributed by atoms with Gasteiger partial charge in [0.2, 0.25) is 10.0 Å². The lowest BCUT2D eigenvalue weighted by Gasteiger charge is -2.22. The van der Waals surface area contributed by atoms with E-state index in [1.54, 1.807) is 12.1 Å². The Kier molecular flexibility index (Phi) is 5.97. The molecule has 1 amide bonds. The van der Waals surface area contributed by atoms with Crippen molar-refractivity contribution in [3.8, 4) is 0 Å². The zero-order valence-electron chi connectivity index (χ0n) is 13.0. The van der Waals surface area contributed by atoms with Crippen LogP contribution in [0.5, 0.6) is 0 Å². The first-order valence-corrected chi connectivity index (χ1v) is 9.42. The summed E-state index contributed by atoms with van der Waals surface area (Å²) in [5.41, 5.74) is 0.393. The smallest absolute Gasteiger partial charge is 0.251 e. The second-order valence-electron chi connectivity index (χ2n) is 5.73. The van der Waals surface area contributed by atoms with Crippen molar-refractivity contribution in [3.63, 3.8) is 0 Å².